The fourth-order valence-corrected chi connectivity index (χ4v) is 2.25. The van der Waals surface area contributed by atoms with Gasteiger partial charge in [-0.25, -0.2) is 0 Å². The zero-order valence-corrected chi connectivity index (χ0v) is 12.0. The first-order valence-corrected chi connectivity index (χ1v) is 6.63. The van der Waals surface area contributed by atoms with Gasteiger partial charge in [0.15, 0.2) is 5.76 Å². The van der Waals surface area contributed by atoms with Crippen LogP contribution < -0.4 is 10.9 Å². The number of hydrogen-bond donors (Lipinski definition) is 2. The predicted molar refractivity (Wildman–Crippen MR) is 82.6 cm³/mol. The van der Waals surface area contributed by atoms with Crippen LogP contribution in [0.2, 0.25) is 0 Å². The summed E-state index contributed by atoms with van der Waals surface area (Å²) in [5, 5.41) is 14.0. The number of carbonyl (C=O) groups excluding carboxylic acids is 1. The van der Waals surface area contributed by atoms with Gasteiger partial charge >= 0.3 is 5.88 Å². The molecular formula is C15H11N3O5. The monoisotopic (exact) mass is 313 g/mol. The molecule has 2 N–H and O–H groups in total. The third kappa shape index (κ3) is 2.82. The van der Waals surface area contributed by atoms with Gasteiger partial charge in [0.2, 0.25) is 5.56 Å². The quantitative estimate of drug-likeness (QED) is 0.569. The first kappa shape index (κ1) is 14.5. The topological polar surface area (TPSA) is 118 Å². The number of H-pyrrole nitrogens is 1. The highest BCUT2D eigenvalue weighted by Gasteiger charge is 2.17. The number of aromatic amines is 1. The van der Waals surface area contributed by atoms with E-state index >= 15 is 0 Å². The third-order valence-corrected chi connectivity index (χ3v) is 3.30. The van der Waals surface area contributed by atoms with E-state index in [1.165, 1.54) is 12.1 Å². The number of aromatic nitrogens is 1. The van der Waals surface area contributed by atoms with Gasteiger partial charge in [-0.15, -0.1) is 0 Å². The Kier molecular flexibility index (Phi) is 3.41. The number of furan rings is 1. The van der Waals surface area contributed by atoms with E-state index in [9.17, 15) is 19.7 Å². The van der Waals surface area contributed by atoms with Crippen molar-refractivity contribution in [3.8, 4) is 0 Å². The van der Waals surface area contributed by atoms with Gasteiger partial charge in [0.05, 0.1) is 11.6 Å². The highest BCUT2D eigenvalue weighted by molar-refractivity contribution is 6.03. The van der Waals surface area contributed by atoms with E-state index in [2.05, 4.69) is 10.3 Å². The number of rotatable bonds is 3. The van der Waals surface area contributed by atoms with Crippen LogP contribution >= 0.6 is 0 Å². The standard InChI is InChI=1S/C15H11N3O5/c1-8-6-13(19)17-11-7-9(2-3-10(8)11)16-15(20)12-4-5-14(23-12)18(21)22/h2-7H,1H3,(H,16,20)(H,17,19). The van der Waals surface area contributed by atoms with Crippen molar-refractivity contribution >= 4 is 28.4 Å². The summed E-state index contributed by atoms with van der Waals surface area (Å²) in [5.41, 5.74) is 1.60. The van der Waals surface area contributed by atoms with Crippen LogP contribution in [-0.2, 0) is 0 Å². The predicted octanol–water partition coefficient (Wildman–Crippen LogP) is 2.59. The van der Waals surface area contributed by atoms with Crippen molar-refractivity contribution in [1.82, 2.24) is 4.98 Å². The van der Waals surface area contributed by atoms with Gasteiger partial charge < -0.3 is 14.7 Å². The molecule has 23 heavy (non-hydrogen) atoms. The van der Waals surface area contributed by atoms with Crippen molar-refractivity contribution in [3.63, 3.8) is 0 Å². The van der Waals surface area contributed by atoms with Gasteiger partial charge in [-0.1, -0.05) is 6.07 Å². The Bertz CT molecular complexity index is 986. The van der Waals surface area contributed by atoms with Crippen LogP contribution in [-0.4, -0.2) is 15.8 Å². The Morgan fingerprint density at radius 2 is 2.04 bits per heavy atom. The summed E-state index contributed by atoms with van der Waals surface area (Å²) in [6.07, 6.45) is 0. The number of amides is 1. The zero-order chi connectivity index (χ0) is 16.6. The molecule has 0 aliphatic rings. The fourth-order valence-electron chi connectivity index (χ4n) is 2.25. The van der Waals surface area contributed by atoms with Crippen molar-refractivity contribution in [2.24, 2.45) is 0 Å². The van der Waals surface area contributed by atoms with Crippen LogP contribution in [0.15, 0.2) is 45.6 Å². The first-order valence-electron chi connectivity index (χ1n) is 6.63. The van der Waals surface area contributed by atoms with E-state index in [0.29, 0.717) is 11.2 Å². The lowest BCUT2D eigenvalue weighted by Gasteiger charge is -2.06. The van der Waals surface area contributed by atoms with Gasteiger partial charge in [-0.3, -0.25) is 19.7 Å². The number of anilines is 1. The van der Waals surface area contributed by atoms with E-state index in [4.69, 9.17) is 4.42 Å². The number of carbonyl (C=O) groups is 1. The maximum absolute atomic E-state index is 12.0. The molecule has 0 radical (unpaired) electrons. The maximum Gasteiger partial charge on any atom is 0.433 e. The SMILES string of the molecule is Cc1cc(=O)[nH]c2cc(NC(=O)c3ccc([N+](=O)[O-])o3)ccc12. The van der Waals surface area contributed by atoms with Crippen LogP contribution in [0.25, 0.3) is 10.9 Å². The molecule has 1 aromatic carbocycles. The minimum absolute atomic E-state index is 0.172. The van der Waals surface area contributed by atoms with E-state index in [1.807, 2.05) is 6.92 Å². The number of nitrogens with one attached hydrogen (secondary N) is 2. The Balaban J connectivity index is 1.90. The molecule has 0 bridgehead atoms. The molecule has 0 atom stereocenters. The second kappa shape index (κ2) is 5.41. The molecule has 2 aromatic heterocycles. The zero-order valence-electron chi connectivity index (χ0n) is 12.0. The van der Waals surface area contributed by atoms with E-state index < -0.39 is 16.7 Å². The number of pyridine rings is 1. The summed E-state index contributed by atoms with van der Waals surface area (Å²) in [5.74, 6) is -1.30. The third-order valence-electron chi connectivity index (χ3n) is 3.30. The van der Waals surface area contributed by atoms with Crippen molar-refractivity contribution in [1.29, 1.82) is 0 Å². The number of benzene rings is 1. The van der Waals surface area contributed by atoms with Gasteiger partial charge in [0, 0.05) is 17.1 Å². The molecule has 0 aliphatic heterocycles. The molecule has 8 heteroatoms. The summed E-state index contributed by atoms with van der Waals surface area (Å²) in [6.45, 7) is 1.82. The summed E-state index contributed by atoms with van der Waals surface area (Å²) in [6, 6.07) is 8.86. The number of hydrogen-bond acceptors (Lipinski definition) is 5. The molecule has 0 saturated heterocycles. The molecule has 0 spiro atoms. The lowest BCUT2D eigenvalue weighted by Crippen LogP contribution is -2.11. The Morgan fingerprint density at radius 3 is 2.74 bits per heavy atom. The number of fused-ring (bicyclic) bond motifs is 1. The van der Waals surface area contributed by atoms with Crippen LogP contribution in [0.4, 0.5) is 11.6 Å². The second-order valence-corrected chi connectivity index (χ2v) is 4.93. The molecular weight excluding hydrogens is 302 g/mol. The van der Waals surface area contributed by atoms with Gasteiger partial charge in [0.1, 0.15) is 4.92 Å². The number of aryl methyl sites for hydroxylation is 1. The van der Waals surface area contributed by atoms with E-state index in [0.717, 1.165) is 17.0 Å². The molecule has 1 amide bonds. The molecule has 0 fully saturated rings. The van der Waals surface area contributed by atoms with E-state index in [1.54, 1.807) is 18.2 Å². The van der Waals surface area contributed by atoms with Crippen molar-refractivity contribution in [2.45, 2.75) is 6.92 Å². The summed E-state index contributed by atoms with van der Waals surface area (Å²) < 4.78 is 4.84. The minimum Gasteiger partial charge on any atom is -0.395 e. The largest absolute Gasteiger partial charge is 0.433 e. The molecule has 8 nitrogen and oxygen atoms in total. The molecule has 0 unspecified atom stereocenters. The van der Waals surface area contributed by atoms with E-state index in [-0.39, 0.29) is 11.3 Å². The highest BCUT2D eigenvalue weighted by Crippen LogP contribution is 2.21. The average Bonchev–Trinajstić information content (AvgIpc) is 2.96. The molecule has 3 rings (SSSR count). The van der Waals surface area contributed by atoms with Gasteiger partial charge in [0.25, 0.3) is 5.91 Å². The molecule has 3 aromatic rings. The molecule has 2 heterocycles. The fraction of sp³-hybridized carbons (Fsp3) is 0.0667. The molecule has 0 aliphatic carbocycles. The normalized spacial score (nSPS) is 10.7. The number of nitrogens with zero attached hydrogens (tertiary/aromatic N) is 1. The lowest BCUT2D eigenvalue weighted by molar-refractivity contribution is -0.402. The summed E-state index contributed by atoms with van der Waals surface area (Å²) in [7, 11) is 0. The average molecular weight is 313 g/mol. The minimum atomic E-state index is -0.722. The Morgan fingerprint density at radius 1 is 1.26 bits per heavy atom. The van der Waals surface area contributed by atoms with Crippen LogP contribution in [0.3, 0.4) is 0 Å². The second-order valence-electron chi connectivity index (χ2n) is 4.93. The van der Waals surface area contributed by atoms with Crippen molar-refractivity contribution < 1.29 is 14.1 Å². The first-order chi connectivity index (χ1) is 10.9. The van der Waals surface area contributed by atoms with Crippen LogP contribution in [0, 0.1) is 17.0 Å². The van der Waals surface area contributed by atoms with Crippen LogP contribution in [0.1, 0.15) is 16.1 Å². The summed E-state index contributed by atoms with van der Waals surface area (Å²) in [4.78, 5) is 36.0. The number of nitro groups is 1. The maximum atomic E-state index is 12.0. The van der Waals surface area contributed by atoms with Crippen LogP contribution in [0.5, 0.6) is 0 Å². The van der Waals surface area contributed by atoms with Gasteiger partial charge in [-0.2, -0.15) is 0 Å². The molecule has 116 valence electrons. The smallest absolute Gasteiger partial charge is 0.395 e. The Hall–Kier alpha value is -3.42. The Labute approximate surface area is 128 Å². The van der Waals surface area contributed by atoms with Crippen molar-refractivity contribution in [2.75, 3.05) is 5.32 Å². The molecule has 0 saturated carbocycles. The van der Waals surface area contributed by atoms with Gasteiger partial charge in [-0.05, 0) is 30.7 Å². The highest BCUT2D eigenvalue weighted by atomic mass is 16.6. The van der Waals surface area contributed by atoms with Crippen molar-refractivity contribution in [3.05, 3.63) is 68.2 Å². The summed E-state index contributed by atoms with van der Waals surface area (Å²) >= 11 is 0. The lowest BCUT2D eigenvalue weighted by atomic mass is 10.1.